The fourth-order valence-electron chi connectivity index (χ4n) is 2.37. The summed E-state index contributed by atoms with van der Waals surface area (Å²) in [6.45, 7) is 5.10. The molecule has 1 aromatic heterocycles. The summed E-state index contributed by atoms with van der Waals surface area (Å²) in [5.74, 6) is 1.22. The molecule has 0 fully saturated rings. The molecule has 1 aromatic carbocycles. The number of anilines is 1. The predicted molar refractivity (Wildman–Crippen MR) is 85.9 cm³/mol. The fourth-order valence-corrected chi connectivity index (χ4v) is 2.63. The van der Waals surface area contributed by atoms with Crippen LogP contribution in [0, 0.1) is 5.82 Å². The highest BCUT2D eigenvalue weighted by molar-refractivity contribution is 6.33. The van der Waals surface area contributed by atoms with Crippen LogP contribution in [0.25, 0.3) is 11.3 Å². The Kier molecular flexibility index (Phi) is 5.23. The largest absolute Gasteiger partial charge is 0.383 e. The maximum atomic E-state index is 13.2. The molecule has 0 aliphatic heterocycles. The molecule has 0 radical (unpaired) electrons. The lowest BCUT2D eigenvalue weighted by Crippen LogP contribution is -2.07. The van der Waals surface area contributed by atoms with Crippen LogP contribution in [0.15, 0.2) is 18.2 Å². The number of aryl methyl sites for hydroxylation is 1. The SMILES string of the molecule is CCCCn1c(CCC)nc(-c2ccc(F)cc2Cl)c1N. The zero-order valence-corrected chi connectivity index (χ0v) is 13.3. The number of rotatable bonds is 6. The maximum absolute atomic E-state index is 13.2. The number of halogens is 2. The van der Waals surface area contributed by atoms with E-state index in [1.807, 2.05) is 0 Å². The van der Waals surface area contributed by atoms with E-state index in [0.29, 0.717) is 22.1 Å². The molecule has 0 amide bonds. The topological polar surface area (TPSA) is 43.8 Å². The lowest BCUT2D eigenvalue weighted by Gasteiger charge is -2.08. The Morgan fingerprint density at radius 2 is 2.05 bits per heavy atom. The lowest BCUT2D eigenvalue weighted by atomic mass is 10.1. The number of unbranched alkanes of at least 4 members (excludes halogenated alkanes) is 1. The summed E-state index contributed by atoms with van der Waals surface area (Å²) in [6, 6.07) is 4.31. The Morgan fingerprint density at radius 1 is 1.29 bits per heavy atom. The van der Waals surface area contributed by atoms with E-state index in [1.165, 1.54) is 12.1 Å². The standard InChI is InChI=1S/C16H21ClFN3/c1-3-5-9-21-14(6-4-2)20-15(16(21)19)12-8-7-11(18)10-13(12)17/h7-8,10H,3-6,9,19H2,1-2H3. The fraction of sp³-hybridized carbons (Fsp3) is 0.438. The zero-order valence-electron chi connectivity index (χ0n) is 12.5. The van der Waals surface area contributed by atoms with Crippen molar-refractivity contribution >= 4 is 17.4 Å². The van der Waals surface area contributed by atoms with Crippen molar-refractivity contribution < 1.29 is 4.39 Å². The van der Waals surface area contributed by atoms with E-state index in [4.69, 9.17) is 17.3 Å². The number of nitrogen functional groups attached to an aromatic ring is 1. The Morgan fingerprint density at radius 3 is 2.67 bits per heavy atom. The van der Waals surface area contributed by atoms with E-state index >= 15 is 0 Å². The average Bonchev–Trinajstić information content (AvgIpc) is 2.74. The van der Waals surface area contributed by atoms with Crippen molar-refractivity contribution in [2.45, 2.75) is 46.1 Å². The quantitative estimate of drug-likeness (QED) is 0.842. The van der Waals surface area contributed by atoms with Gasteiger partial charge >= 0.3 is 0 Å². The number of nitrogens with two attached hydrogens (primary N) is 1. The lowest BCUT2D eigenvalue weighted by molar-refractivity contribution is 0.604. The van der Waals surface area contributed by atoms with E-state index in [1.54, 1.807) is 6.07 Å². The molecule has 114 valence electrons. The maximum Gasteiger partial charge on any atom is 0.131 e. The third kappa shape index (κ3) is 3.38. The van der Waals surface area contributed by atoms with E-state index in [0.717, 1.165) is 38.1 Å². The van der Waals surface area contributed by atoms with Gasteiger partial charge in [0.25, 0.3) is 0 Å². The molecule has 2 rings (SSSR count). The zero-order chi connectivity index (χ0) is 15.4. The summed E-state index contributed by atoms with van der Waals surface area (Å²) >= 11 is 6.13. The molecular weight excluding hydrogens is 289 g/mol. The second kappa shape index (κ2) is 6.94. The van der Waals surface area contributed by atoms with Gasteiger partial charge in [0.1, 0.15) is 23.2 Å². The summed E-state index contributed by atoms with van der Waals surface area (Å²) in [6.07, 6.45) is 4.01. The molecule has 0 unspecified atom stereocenters. The third-order valence-corrected chi connectivity index (χ3v) is 3.79. The highest BCUT2D eigenvalue weighted by Gasteiger charge is 2.17. The van der Waals surface area contributed by atoms with Crippen LogP contribution in [0.3, 0.4) is 0 Å². The summed E-state index contributed by atoms with van der Waals surface area (Å²) in [7, 11) is 0. The van der Waals surface area contributed by atoms with E-state index in [2.05, 4.69) is 23.4 Å². The van der Waals surface area contributed by atoms with Gasteiger partial charge in [0.2, 0.25) is 0 Å². The molecule has 0 saturated carbocycles. The molecule has 3 nitrogen and oxygen atoms in total. The molecule has 0 spiro atoms. The first kappa shape index (κ1) is 15.8. The summed E-state index contributed by atoms with van der Waals surface area (Å²) in [4.78, 5) is 4.64. The van der Waals surface area contributed by atoms with Crippen LogP contribution < -0.4 is 5.73 Å². The first-order valence-electron chi connectivity index (χ1n) is 7.38. The molecule has 21 heavy (non-hydrogen) atoms. The molecule has 5 heteroatoms. The highest BCUT2D eigenvalue weighted by atomic mass is 35.5. The minimum Gasteiger partial charge on any atom is -0.383 e. The number of aromatic nitrogens is 2. The van der Waals surface area contributed by atoms with Crippen molar-refractivity contribution in [3.63, 3.8) is 0 Å². The van der Waals surface area contributed by atoms with Crippen molar-refractivity contribution in [1.82, 2.24) is 9.55 Å². The van der Waals surface area contributed by atoms with Crippen LogP contribution in [-0.4, -0.2) is 9.55 Å². The molecular formula is C16H21ClFN3. The highest BCUT2D eigenvalue weighted by Crippen LogP contribution is 2.33. The van der Waals surface area contributed by atoms with Crippen LogP contribution >= 0.6 is 11.6 Å². The van der Waals surface area contributed by atoms with E-state index in [9.17, 15) is 4.39 Å². The van der Waals surface area contributed by atoms with Crippen molar-refractivity contribution in [2.75, 3.05) is 5.73 Å². The molecule has 2 aromatic rings. The molecule has 0 saturated heterocycles. The molecule has 2 N–H and O–H groups in total. The minimum atomic E-state index is -0.360. The number of benzene rings is 1. The van der Waals surface area contributed by atoms with Gasteiger partial charge in [-0.25, -0.2) is 9.37 Å². The van der Waals surface area contributed by atoms with Crippen molar-refractivity contribution in [1.29, 1.82) is 0 Å². The first-order valence-corrected chi connectivity index (χ1v) is 7.76. The van der Waals surface area contributed by atoms with Crippen molar-refractivity contribution in [3.05, 3.63) is 34.9 Å². The van der Waals surface area contributed by atoms with E-state index in [-0.39, 0.29) is 5.82 Å². The smallest absolute Gasteiger partial charge is 0.131 e. The number of hydrogen-bond donors (Lipinski definition) is 1. The van der Waals surface area contributed by atoms with Gasteiger partial charge in [0, 0.05) is 18.5 Å². The molecule has 0 bridgehead atoms. The van der Waals surface area contributed by atoms with Crippen molar-refractivity contribution in [3.8, 4) is 11.3 Å². The Hall–Kier alpha value is -1.55. The van der Waals surface area contributed by atoms with E-state index < -0.39 is 0 Å². The summed E-state index contributed by atoms with van der Waals surface area (Å²) < 4.78 is 15.3. The Labute approximate surface area is 129 Å². The predicted octanol–water partition coefficient (Wildman–Crippen LogP) is 4.68. The Balaban J connectivity index is 2.48. The normalized spacial score (nSPS) is 11.0. The van der Waals surface area contributed by atoms with Gasteiger partial charge in [-0.1, -0.05) is 31.9 Å². The molecule has 0 aliphatic rings. The van der Waals surface area contributed by atoms with Crippen LogP contribution in [0.5, 0.6) is 0 Å². The van der Waals surface area contributed by atoms with Gasteiger partial charge in [0.05, 0.1) is 5.02 Å². The number of hydrogen-bond acceptors (Lipinski definition) is 2. The van der Waals surface area contributed by atoms with Gasteiger partial charge < -0.3 is 10.3 Å². The minimum absolute atomic E-state index is 0.338. The number of imidazole rings is 1. The second-order valence-corrected chi connectivity index (χ2v) is 5.55. The van der Waals surface area contributed by atoms with Gasteiger partial charge in [-0.2, -0.15) is 0 Å². The van der Waals surface area contributed by atoms with Crippen molar-refractivity contribution in [2.24, 2.45) is 0 Å². The average molecular weight is 310 g/mol. The third-order valence-electron chi connectivity index (χ3n) is 3.48. The number of nitrogens with zero attached hydrogens (tertiary/aromatic N) is 2. The second-order valence-electron chi connectivity index (χ2n) is 5.14. The molecule has 0 aliphatic carbocycles. The molecule has 0 atom stereocenters. The van der Waals surface area contributed by atoms with Crippen LogP contribution in [0.4, 0.5) is 10.2 Å². The van der Waals surface area contributed by atoms with Gasteiger partial charge in [-0.3, -0.25) is 0 Å². The summed E-state index contributed by atoms with van der Waals surface area (Å²) in [5.41, 5.74) is 7.60. The van der Waals surface area contributed by atoms with Crippen LogP contribution in [0.1, 0.15) is 38.9 Å². The van der Waals surface area contributed by atoms with Gasteiger partial charge in [-0.05, 0) is 31.0 Å². The Bertz CT molecular complexity index is 622. The monoisotopic (exact) mass is 309 g/mol. The first-order chi connectivity index (χ1) is 10.1. The molecule has 1 heterocycles. The summed E-state index contributed by atoms with van der Waals surface area (Å²) in [5, 5.41) is 0.338. The van der Waals surface area contributed by atoms with Crippen LogP contribution in [-0.2, 0) is 13.0 Å². The van der Waals surface area contributed by atoms with Crippen LogP contribution in [0.2, 0.25) is 5.02 Å². The van der Waals surface area contributed by atoms with Gasteiger partial charge in [0.15, 0.2) is 0 Å². The van der Waals surface area contributed by atoms with Gasteiger partial charge in [-0.15, -0.1) is 0 Å².